The van der Waals surface area contributed by atoms with Gasteiger partial charge in [0.2, 0.25) is 5.91 Å². The van der Waals surface area contributed by atoms with Crippen LogP contribution in [-0.2, 0) is 30.8 Å². The quantitative estimate of drug-likeness (QED) is 0.582. The van der Waals surface area contributed by atoms with Gasteiger partial charge in [0.05, 0.1) is 11.4 Å². The number of hydrogen-bond acceptors (Lipinski definition) is 6. The third-order valence-corrected chi connectivity index (χ3v) is 7.11. The van der Waals surface area contributed by atoms with Crippen LogP contribution in [0.25, 0.3) is 0 Å². The van der Waals surface area contributed by atoms with Crippen molar-refractivity contribution in [1.82, 2.24) is 4.31 Å². The van der Waals surface area contributed by atoms with Gasteiger partial charge in [0.25, 0.3) is 10.0 Å². The first kappa shape index (κ1) is 23.2. The van der Waals surface area contributed by atoms with Crippen LogP contribution in [-0.4, -0.2) is 44.9 Å². The van der Waals surface area contributed by atoms with Gasteiger partial charge in [-0.1, -0.05) is 29.3 Å². The van der Waals surface area contributed by atoms with Crippen LogP contribution < -0.4 is 4.74 Å². The fraction of sp³-hybridized carbons (Fsp3) is 0.364. The zero-order valence-electron chi connectivity index (χ0n) is 17.3. The average Bonchev–Trinajstić information content (AvgIpc) is 2.87. The Balaban J connectivity index is 1.92. The molecule has 2 aromatic carbocycles. The second kappa shape index (κ2) is 9.80. The highest BCUT2D eigenvalue weighted by Gasteiger charge is 2.38. The van der Waals surface area contributed by atoms with Crippen LogP contribution in [0.15, 0.2) is 47.4 Å². The van der Waals surface area contributed by atoms with Gasteiger partial charge in [-0.15, -0.1) is 0 Å². The summed E-state index contributed by atoms with van der Waals surface area (Å²) in [7, 11) is -2.68. The third-order valence-electron chi connectivity index (χ3n) is 5.10. The van der Waals surface area contributed by atoms with Crippen molar-refractivity contribution in [3.05, 3.63) is 58.6 Å². The molecule has 0 aromatic heterocycles. The highest BCUT2D eigenvalue weighted by Crippen LogP contribution is 2.30. The summed E-state index contributed by atoms with van der Waals surface area (Å²) in [6.07, 6.45) is 0.643. The minimum Gasteiger partial charge on any atom is -0.467 e. The van der Waals surface area contributed by atoms with E-state index < -0.39 is 28.4 Å². The predicted molar refractivity (Wildman–Crippen MR) is 115 cm³/mol. The molecule has 1 saturated heterocycles. The van der Waals surface area contributed by atoms with Crippen molar-refractivity contribution in [1.29, 1.82) is 0 Å². The van der Waals surface area contributed by atoms with Crippen molar-refractivity contribution < 1.29 is 27.5 Å². The summed E-state index contributed by atoms with van der Waals surface area (Å²) in [5.74, 6) is -1.02. The number of aryl methyl sites for hydroxylation is 1. The second-order valence-electron chi connectivity index (χ2n) is 7.44. The Hall–Kier alpha value is -2.42. The third kappa shape index (κ3) is 5.44. The highest BCUT2D eigenvalue weighted by atomic mass is 35.5. The molecule has 31 heavy (non-hydrogen) atoms. The molecule has 1 atom stereocenters. The van der Waals surface area contributed by atoms with Crippen molar-refractivity contribution in [3.8, 4) is 5.75 Å². The van der Waals surface area contributed by atoms with Crippen molar-refractivity contribution in [2.75, 3.05) is 20.4 Å². The summed E-state index contributed by atoms with van der Waals surface area (Å²) in [5, 5.41) is 0.373. The van der Waals surface area contributed by atoms with E-state index >= 15 is 0 Å². The number of carbonyl (C=O) groups is 2. The Morgan fingerprint density at radius 2 is 1.84 bits per heavy atom. The Morgan fingerprint density at radius 1 is 1.13 bits per heavy atom. The van der Waals surface area contributed by atoms with Gasteiger partial charge in [-0.3, -0.25) is 9.59 Å². The van der Waals surface area contributed by atoms with E-state index in [0.29, 0.717) is 15.1 Å². The van der Waals surface area contributed by atoms with Crippen LogP contribution in [0.1, 0.15) is 24.0 Å². The van der Waals surface area contributed by atoms with Crippen LogP contribution in [0, 0.1) is 12.8 Å². The van der Waals surface area contributed by atoms with Gasteiger partial charge in [0.15, 0.2) is 12.6 Å². The number of nitrogens with zero attached hydrogens (tertiary/aromatic N) is 1. The number of carbonyl (C=O) groups excluding carboxylic acids is 2. The minimum absolute atomic E-state index is 0.0459. The number of ketones is 1. The van der Waals surface area contributed by atoms with Crippen LogP contribution >= 0.6 is 11.6 Å². The molecule has 0 radical (unpaired) electrons. The van der Waals surface area contributed by atoms with E-state index in [9.17, 15) is 18.0 Å². The molecule has 1 aliphatic heterocycles. The number of methoxy groups -OCH3 is 1. The van der Waals surface area contributed by atoms with Crippen molar-refractivity contribution in [2.24, 2.45) is 5.92 Å². The largest absolute Gasteiger partial charge is 0.467 e. The number of sulfonamides is 1. The summed E-state index contributed by atoms with van der Waals surface area (Å²) in [4.78, 5) is 25.5. The molecule has 0 bridgehead atoms. The van der Waals surface area contributed by atoms with E-state index in [1.165, 1.54) is 31.4 Å². The van der Waals surface area contributed by atoms with E-state index in [2.05, 4.69) is 0 Å². The number of ether oxygens (including phenoxy) is 2. The topological polar surface area (TPSA) is 90.0 Å². The van der Waals surface area contributed by atoms with E-state index in [1.54, 1.807) is 6.07 Å². The first-order valence-electron chi connectivity index (χ1n) is 9.77. The number of Topliss-reactive ketones (excluding diaryl/α,β-unsaturated/α-hetero) is 1. The summed E-state index contributed by atoms with van der Waals surface area (Å²) in [6.45, 7) is 1.49. The van der Waals surface area contributed by atoms with Gasteiger partial charge in [-0.2, -0.15) is 0 Å². The molecule has 1 fully saturated rings. The monoisotopic (exact) mass is 465 g/mol. The van der Waals surface area contributed by atoms with Crippen LogP contribution in [0.4, 0.5) is 0 Å². The summed E-state index contributed by atoms with van der Waals surface area (Å²) in [5.41, 5.74) is 1.73. The zero-order chi connectivity index (χ0) is 22.6. The van der Waals surface area contributed by atoms with Crippen LogP contribution in [0.5, 0.6) is 5.75 Å². The van der Waals surface area contributed by atoms with Crippen molar-refractivity contribution in [3.63, 3.8) is 0 Å². The van der Waals surface area contributed by atoms with Crippen LogP contribution in [0.3, 0.4) is 0 Å². The summed E-state index contributed by atoms with van der Waals surface area (Å²) in [6, 6.07) is 11.1. The van der Waals surface area contributed by atoms with E-state index in [4.69, 9.17) is 21.1 Å². The smallest absolute Gasteiger partial charge is 0.266 e. The fourth-order valence-electron chi connectivity index (χ4n) is 3.50. The average molecular weight is 466 g/mol. The minimum atomic E-state index is -4.19. The Morgan fingerprint density at radius 3 is 2.52 bits per heavy atom. The molecule has 1 heterocycles. The molecule has 1 unspecified atom stereocenters. The fourth-order valence-corrected chi connectivity index (χ4v) is 5.06. The molecule has 1 aliphatic rings. The maximum absolute atomic E-state index is 13.3. The standard InChI is InChI=1S/C22H24ClNO6S/c1-15-3-10-21(30-14-29-2)17(11-15)12-16-4-7-19(25)13-24(22(16)26)31(27,28)20-8-5-18(23)6-9-20/h3,5-6,8-11,16H,4,7,12-14H2,1-2H3. The SMILES string of the molecule is COCOc1ccc(C)cc1CC1CCC(=O)CN(S(=O)(=O)c2ccc(Cl)cc2)C1=O. The van der Waals surface area contributed by atoms with E-state index in [0.717, 1.165) is 11.1 Å². The molecule has 1 amide bonds. The lowest BCUT2D eigenvalue weighted by molar-refractivity contribution is -0.131. The van der Waals surface area contributed by atoms with E-state index in [-0.39, 0.29) is 36.7 Å². The molecule has 7 nitrogen and oxygen atoms in total. The normalized spacial score (nSPS) is 17.5. The first-order valence-corrected chi connectivity index (χ1v) is 11.6. The molecular formula is C22H24ClNO6S. The van der Waals surface area contributed by atoms with E-state index in [1.807, 2.05) is 19.1 Å². The van der Waals surface area contributed by atoms with Gasteiger partial charge < -0.3 is 9.47 Å². The highest BCUT2D eigenvalue weighted by molar-refractivity contribution is 7.89. The van der Waals surface area contributed by atoms with Gasteiger partial charge in [-0.05, 0) is 55.7 Å². The lowest BCUT2D eigenvalue weighted by Crippen LogP contribution is -2.42. The second-order valence-corrected chi connectivity index (χ2v) is 9.74. The molecular weight excluding hydrogens is 442 g/mol. The maximum Gasteiger partial charge on any atom is 0.266 e. The number of amides is 1. The predicted octanol–water partition coefficient (Wildman–Crippen LogP) is 3.37. The molecule has 0 saturated carbocycles. The maximum atomic E-state index is 13.3. The van der Waals surface area contributed by atoms with Gasteiger partial charge >= 0.3 is 0 Å². The van der Waals surface area contributed by atoms with Gasteiger partial charge in [-0.25, -0.2) is 12.7 Å². The number of benzene rings is 2. The van der Waals surface area contributed by atoms with Gasteiger partial charge in [0, 0.05) is 24.5 Å². The Bertz CT molecular complexity index is 1070. The van der Waals surface area contributed by atoms with Gasteiger partial charge in [0.1, 0.15) is 5.75 Å². The molecule has 3 rings (SSSR count). The zero-order valence-corrected chi connectivity index (χ0v) is 18.9. The Kier molecular flexibility index (Phi) is 7.35. The number of hydrogen-bond donors (Lipinski definition) is 0. The summed E-state index contributed by atoms with van der Waals surface area (Å²) < 4.78 is 37.5. The molecule has 2 aromatic rings. The van der Waals surface area contributed by atoms with Crippen molar-refractivity contribution >= 4 is 33.3 Å². The molecule has 0 aliphatic carbocycles. The summed E-state index contributed by atoms with van der Waals surface area (Å²) >= 11 is 5.85. The lowest BCUT2D eigenvalue weighted by atomic mass is 9.93. The van der Waals surface area contributed by atoms with Crippen molar-refractivity contribution in [2.45, 2.75) is 31.1 Å². The Labute approximate surface area is 187 Å². The lowest BCUT2D eigenvalue weighted by Gasteiger charge is -2.24. The number of halogens is 1. The molecule has 0 N–H and O–H groups in total. The van der Waals surface area contributed by atoms with Crippen LogP contribution in [0.2, 0.25) is 5.02 Å². The first-order chi connectivity index (χ1) is 14.7. The molecule has 0 spiro atoms. The molecule has 166 valence electrons. The number of rotatable bonds is 7. The molecule has 9 heteroatoms.